The first-order valence-electron chi connectivity index (χ1n) is 10.9. The predicted molar refractivity (Wildman–Crippen MR) is 122 cm³/mol. The van der Waals surface area contributed by atoms with E-state index in [-0.39, 0.29) is 11.3 Å². The molecule has 9 heteroatoms. The zero-order valence-corrected chi connectivity index (χ0v) is 19.6. The van der Waals surface area contributed by atoms with Crippen molar-refractivity contribution < 1.29 is 23.1 Å². The number of sulfonamides is 1. The summed E-state index contributed by atoms with van der Waals surface area (Å²) in [5.41, 5.74) is 0.757. The first-order chi connectivity index (χ1) is 14.7. The van der Waals surface area contributed by atoms with Gasteiger partial charge in [0, 0.05) is 12.1 Å². The average molecular weight is 469 g/mol. The van der Waals surface area contributed by atoms with Crippen LogP contribution in [0.1, 0.15) is 67.3 Å². The minimum atomic E-state index is -3.58. The first kappa shape index (κ1) is 24.1. The van der Waals surface area contributed by atoms with Crippen LogP contribution in [0.2, 0.25) is 0 Å². The lowest BCUT2D eigenvalue weighted by Gasteiger charge is -2.34. The van der Waals surface area contributed by atoms with Crippen molar-refractivity contribution in [3.8, 4) is 0 Å². The van der Waals surface area contributed by atoms with Gasteiger partial charge in [-0.05, 0) is 56.2 Å². The van der Waals surface area contributed by atoms with Crippen LogP contribution in [0.25, 0.3) is 0 Å². The van der Waals surface area contributed by atoms with Crippen LogP contribution in [0.15, 0.2) is 24.3 Å². The maximum atomic E-state index is 12.3. The van der Waals surface area contributed by atoms with Gasteiger partial charge in [0.25, 0.3) is 5.91 Å². The SMILES string of the molecule is CS(=O)(=O)NC(=O)c1ccc(CCCC2SCC(=O)N2CCC2(O)CCCCC2)cc1. The van der Waals surface area contributed by atoms with Crippen LogP contribution >= 0.6 is 11.8 Å². The number of hydrogen-bond acceptors (Lipinski definition) is 6. The molecule has 2 aliphatic rings. The molecule has 2 fully saturated rings. The van der Waals surface area contributed by atoms with Gasteiger partial charge in [-0.15, -0.1) is 11.8 Å². The Morgan fingerprint density at radius 1 is 1.23 bits per heavy atom. The third kappa shape index (κ3) is 7.22. The van der Waals surface area contributed by atoms with Gasteiger partial charge in [0.15, 0.2) is 0 Å². The van der Waals surface area contributed by atoms with Crippen molar-refractivity contribution in [3.05, 3.63) is 35.4 Å². The van der Waals surface area contributed by atoms with Crippen molar-refractivity contribution in [2.45, 2.75) is 68.8 Å². The number of thioether (sulfide) groups is 1. The van der Waals surface area contributed by atoms with Gasteiger partial charge in [0.05, 0.1) is 23.0 Å². The molecule has 2 N–H and O–H groups in total. The van der Waals surface area contributed by atoms with Gasteiger partial charge in [-0.1, -0.05) is 31.4 Å². The van der Waals surface area contributed by atoms with Crippen LogP contribution < -0.4 is 4.72 Å². The standard InChI is InChI=1S/C22H32N2O5S2/c1-31(28,29)23-21(26)18-10-8-17(9-11-18)6-5-7-20-24(19(25)16-30-20)15-14-22(27)12-3-2-4-13-22/h8-11,20,27H,2-7,12-16H2,1H3,(H,23,26). The Morgan fingerprint density at radius 3 is 2.55 bits per heavy atom. The molecule has 0 spiro atoms. The first-order valence-corrected chi connectivity index (χ1v) is 13.8. The van der Waals surface area contributed by atoms with Crippen molar-refractivity contribution >= 4 is 33.6 Å². The number of amides is 2. The third-order valence-corrected chi connectivity index (χ3v) is 7.93. The second-order valence-electron chi connectivity index (χ2n) is 8.68. The van der Waals surface area contributed by atoms with Gasteiger partial charge < -0.3 is 10.0 Å². The number of aliphatic hydroxyl groups is 1. The third-order valence-electron chi connectivity index (χ3n) is 6.08. The molecule has 1 aliphatic carbocycles. The number of carbonyl (C=O) groups excluding carboxylic acids is 2. The Hall–Kier alpha value is -1.58. The van der Waals surface area contributed by atoms with Crippen LogP contribution in [-0.4, -0.2) is 59.8 Å². The highest BCUT2D eigenvalue weighted by Gasteiger charge is 2.35. The van der Waals surface area contributed by atoms with Gasteiger partial charge in [-0.25, -0.2) is 13.1 Å². The maximum Gasteiger partial charge on any atom is 0.264 e. The van der Waals surface area contributed by atoms with Gasteiger partial charge in [0.1, 0.15) is 0 Å². The maximum absolute atomic E-state index is 12.3. The molecular formula is C22H32N2O5S2. The molecule has 1 atom stereocenters. The lowest BCUT2D eigenvalue weighted by atomic mass is 9.82. The van der Waals surface area contributed by atoms with Gasteiger partial charge >= 0.3 is 0 Å². The molecule has 1 saturated carbocycles. The van der Waals surface area contributed by atoms with Crippen molar-refractivity contribution in [3.63, 3.8) is 0 Å². The molecule has 1 unspecified atom stereocenters. The van der Waals surface area contributed by atoms with E-state index in [1.165, 1.54) is 6.42 Å². The molecule has 3 rings (SSSR count). The van der Waals surface area contributed by atoms with E-state index in [0.29, 0.717) is 24.3 Å². The van der Waals surface area contributed by atoms with Gasteiger partial charge in [0.2, 0.25) is 15.9 Å². The van der Waals surface area contributed by atoms with Crippen LogP contribution in [-0.2, 0) is 21.2 Å². The number of hydrogen-bond donors (Lipinski definition) is 2. The van der Waals surface area contributed by atoms with Crippen LogP contribution in [0.3, 0.4) is 0 Å². The number of nitrogens with zero attached hydrogens (tertiary/aromatic N) is 1. The lowest BCUT2D eigenvalue weighted by molar-refractivity contribution is -0.129. The Bertz CT molecular complexity index is 880. The fraction of sp³-hybridized carbons (Fsp3) is 0.636. The Labute approximate surface area is 189 Å². The van der Waals surface area contributed by atoms with Crippen LogP contribution in [0.5, 0.6) is 0 Å². The van der Waals surface area contributed by atoms with Crippen LogP contribution in [0, 0.1) is 0 Å². The second-order valence-corrected chi connectivity index (χ2v) is 11.6. The van der Waals surface area contributed by atoms with Gasteiger partial charge in [-0.3, -0.25) is 9.59 Å². The summed E-state index contributed by atoms with van der Waals surface area (Å²) in [4.78, 5) is 26.2. The number of aryl methyl sites for hydroxylation is 1. The van der Waals surface area contributed by atoms with E-state index < -0.39 is 21.5 Å². The number of carbonyl (C=O) groups is 2. The van der Waals surface area contributed by atoms with Crippen molar-refractivity contribution in [2.75, 3.05) is 18.6 Å². The fourth-order valence-corrected chi connectivity index (χ4v) is 6.02. The van der Waals surface area contributed by atoms with E-state index in [1.54, 1.807) is 23.9 Å². The van der Waals surface area contributed by atoms with Gasteiger partial charge in [-0.2, -0.15) is 0 Å². The zero-order chi connectivity index (χ0) is 22.5. The number of benzene rings is 1. The van der Waals surface area contributed by atoms with Crippen molar-refractivity contribution in [1.82, 2.24) is 9.62 Å². The molecule has 1 aliphatic heterocycles. The molecule has 1 saturated heterocycles. The van der Waals surface area contributed by atoms with Crippen molar-refractivity contribution in [1.29, 1.82) is 0 Å². The molecule has 172 valence electrons. The van der Waals surface area contributed by atoms with E-state index in [9.17, 15) is 23.1 Å². The highest BCUT2D eigenvalue weighted by Crippen LogP contribution is 2.34. The summed E-state index contributed by atoms with van der Waals surface area (Å²) in [5.74, 6) is 0.0357. The van der Waals surface area contributed by atoms with E-state index in [4.69, 9.17) is 0 Å². The molecule has 2 amide bonds. The molecule has 0 bridgehead atoms. The summed E-state index contributed by atoms with van der Waals surface area (Å²) >= 11 is 1.68. The fourth-order valence-electron chi connectivity index (χ4n) is 4.33. The average Bonchev–Trinajstić information content (AvgIpc) is 3.06. The topological polar surface area (TPSA) is 104 Å². The smallest absolute Gasteiger partial charge is 0.264 e. The largest absolute Gasteiger partial charge is 0.390 e. The normalized spacial score (nSPS) is 21.3. The van der Waals surface area contributed by atoms with Crippen LogP contribution in [0.4, 0.5) is 0 Å². The zero-order valence-electron chi connectivity index (χ0n) is 18.0. The summed E-state index contributed by atoms with van der Waals surface area (Å²) in [6.45, 7) is 0.622. The quantitative estimate of drug-likeness (QED) is 0.578. The highest BCUT2D eigenvalue weighted by molar-refractivity contribution is 8.01. The molecule has 0 aromatic heterocycles. The Balaban J connectivity index is 1.46. The summed E-state index contributed by atoms with van der Waals surface area (Å²) in [5, 5.41) is 10.9. The minimum absolute atomic E-state index is 0.152. The highest BCUT2D eigenvalue weighted by atomic mass is 32.2. The van der Waals surface area contributed by atoms with E-state index in [0.717, 1.165) is 56.8 Å². The van der Waals surface area contributed by atoms with E-state index in [1.807, 2.05) is 21.8 Å². The summed E-state index contributed by atoms with van der Waals surface area (Å²) in [7, 11) is -3.58. The molecule has 1 heterocycles. The van der Waals surface area contributed by atoms with E-state index >= 15 is 0 Å². The number of rotatable bonds is 9. The summed E-state index contributed by atoms with van der Waals surface area (Å²) in [6, 6.07) is 6.92. The molecular weight excluding hydrogens is 436 g/mol. The Morgan fingerprint density at radius 2 is 1.90 bits per heavy atom. The monoisotopic (exact) mass is 468 g/mol. The van der Waals surface area contributed by atoms with Crippen molar-refractivity contribution in [2.24, 2.45) is 0 Å². The Kier molecular flexibility index (Phi) is 8.04. The summed E-state index contributed by atoms with van der Waals surface area (Å²) in [6.07, 6.45) is 9.21. The van der Waals surface area contributed by atoms with E-state index in [2.05, 4.69) is 0 Å². The lowest BCUT2D eigenvalue weighted by Crippen LogP contribution is -2.40. The molecule has 31 heavy (non-hydrogen) atoms. The minimum Gasteiger partial charge on any atom is -0.390 e. The molecule has 0 radical (unpaired) electrons. The summed E-state index contributed by atoms with van der Waals surface area (Å²) < 4.78 is 24.3. The molecule has 1 aromatic rings. The molecule has 7 nitrogen and oxygen atoms in total. The second kappa shape index (κ2) is 10.4. The molecule has 1 aromatic carbocycles. The number of nitrogens with one attached hydrogen (secondary N) is 1. The predicted octanol–water partition coefficient (Wildman–Crippen LogP) is 2.69.